The van der Waals surface area contributed by atoms with E-state index in [1.165, 1.54) is 17.7 Å². The van der Waals surface area contributed by atoms with Crippen LogP contribution in [0, 0.1) is 11.3 Å². The molecule has 1 nitrogen and oxygen atoms in total. The van der Waals surface area contributed by atoms with Crippen molar-refractivity contribution >= 4 is 11.3 Å². The van der Waals surface area contributed by atoms with Gasteiger partial charge in [-0.2, -0.15) is 0 Å². The Morgan fingerprint density at radius 1 is 1.22 bits per heavy atom. The second-order valence-corrected chi connectivity index (χ2v) is 8.02. The van der Waals surface area contributed by atoms with Gasteiger partial charge in [0.25, 0.3) is 0 Å². The lowest BCUT2D eigenvalue weighted by Gasteiger charge is -2.37. The zero-order chi connectivity index (χ0) is 13.8. The first-order valence-corrected chi connectivity index (χ1v) is 7.88. The van der Waals surface area contributed by atoms with E-state index in [4.69, 9.17) is 0 Å². The summed E-state index contributed by atoms with van der Waals surface area (Å²) in [5.41, 5.74) is 0.580. The molecule has 0 fully saturated rings. The zero-order valence-electron chi connectivity index (χ0n) is 12.8. The minimum atomic E-state index is 0.207. The van der Waals surface area contributed by atoms with Crippen molar-refractivity contribution in [2.75, 3.05) is 6.54 Å². The standard InChI is InChI=1S/C16H29NS/c1-13(2)16(6,12-17-15(3,4)5)10-9-14-8-7-11-18-14/h7-8,11,13,17H,9-10,12H2,1-6H3. The highest BCUT2D eigenvalue weighted by Gasteiger charge is 2.29. The van der Waals surface area contributed by atoms with Crippen molar-refractivity contribution in [2.45, 2.75) is 59.9 Å². The maximum Gasteiger partial charge on any atom is 0.00967 e. The van der Waals surface area contributed by atoms with Gasteiger partial charge in [0.2, 0.25) is 0 Å². The highest BCUT2D eigenvalue weighted by molar-refractivity contribution is 7.09. The summed E-state index contributed by atoms with van der Waals surface area (Å²) < 4.78 is 0. The third-order valence-corrected chi connectivity index (χ3v) is 4.88. The van der Waals surface area contributed by atoms with E-state index in [9.17, 15) is 0 Å². The van der Waals surface area contributed by atoms with E-state index >= 15 is 0 Å². The van der Waals surface area contributed by atoms with Crippen molar-refractivity contribution in [3.05, 3.63) is 22.4 Å². The van der Waals surface area contributed by atoms with Gasteiger partial charge in [-0.15, -0.1) is 11.3 Å². The molecule has 0 spiro atoms. The quantitative estimate of drug-likeness (QED) is 0.785. The van der Waals surface area contributed by atoms with Crippen molar-refractivity contribution in [1.29, 1.82) is 0 Å². The minimum absolute atomic E-state index is 0.207. The van der Waals surface area contributed by atoms with Crippen molar-refractivity contribution < 1.29 is 0 Å². The average molecular weight is 267 g/mol. The third kappa shape index (κ3) is 5.11. The van der Waals surface area contributed by atoms with Crippen LogP contribution in [0.1, 0.15) is 52.8 Å². The molecule has 1 rings (SSSR count). The molecule has 104 valence electrons. The summed E-state index contributed by atoms with van der Waals surface area (Å²) in [5, 5.41) is 5.85. The molecule has 18 heavy (non-hydrogen) atoms. The topological polar surface area (TPSA) is 12.0 Å². The summed E-state index contributed by atoms with van der Waals surface area (Å²) in [4.78, 5) is 1.51. The van der Waals surface area contributed by atoms with E-state index < -0.39 is 0 Å². The number of nitrogens with one attached hydrogen (secondary N) is 1. The lowest BCUT2D eigenvalue weighted by Crippen LogP contribution is -2.45. The van der Waals surface area contributed by atoms with Crippen LogP contribution in [0.5, 0.6) is 0 Å². The van der Waals surface area contributed by atoms with Gasteiger partial charge in [-0.25, -0.2) is 0 Å². The summed E-state index contributed by atoms with van der Waals surface area (Å²) in [5.74, 6) is 0.701. The normalized spacial score (nSPS) is 15.9. The van der Waals surface area contributed by atoms with Crippen molar-refractivity contribution in [2.24, 2.45) is 11.3 Å². The molecule has 0 aliphatic heterocycles. The first-order chi connectivity index (χ1) is 8.23. The Morgan fingerprint density at radius 2 is 1.89 bits per heavy atom. The van der Waals surface area contributed by atoms with Crippen molar-refractivity contribution in [3.8, 4) is 0 Å². The van der Waals surface area contributed by atoms with Gasteiger partial charge in [0.1, 0.15) is 0 Å². The summed E-state index contributed by atoms with van der Waals surface area (Å²) in [6.45, 7) is 14.9. The molecule has 1 aromatic heterocycles. The molecule has 0 saturated heterocycles. The Bertz CT molecular complexity index is 334. The predicted molar refractivity (Wildman–Crippen MR) is 83.3 cm³/mol. The van der Waals surface area contributed by atoms with Crippen molar-refractivity contribution in [1.82, 2.24) is 5.32 Å². The smallest absolute Gasteiger partial charge is 0.00967 e. The highest BCUT2D eigenvalue weighted by Crippen LogP contribution is 2.33. The van der Waals surface area contributed by atoms with Crippen LogP contribution in [0.15, 0.2) is 17.5 Å². The summed E-state index contributed by atoms with van der Waals surface area (Å²) in [7, 11) is 0. The van der Waals surface area contributed by atoms with Gasteiger partial charge in [-0.05, 0) is 56.4 Å². The minimum Gasteiger partial charge on any atom is -0.312 e. The van der Waals surface area contributed by atoms with E-state index in [2.05, 4.69) is 64.4 Å². The molecule has 1 aromatic rings. The van der Waals surface area contributed by atoms with Gasteiger partial charge >= 0.3 is 0 Å². The summed E-state index contributed by atoms with van der Waals surface area (Å²) >= 11 is 1.88. The fourth-order valence-corrected chi connectivity index (χ4v) is 2.62. The van der Waals surface area contributed by atoms with Crippen LogP contribution in [-0.2, 0) is 6.42 Å². The van der Waals surface area contributed by atoms with Gasteiger partial charge in [-0.1, -0.05) is 26.8 Å². The number of rotatable bonds is 6. The molecule has 2 heteroatoms. The first kappa shape index (κ1) is 15.7. The number of hydrogen-bond donors (Lipinski definition) is 1. The lowest BCUT2D eigenvalue weighted by atomic mass is 9.75. The highest BCUT2D eigenvalue weighted by atomic mass is 32.1. The number of aryl methyl sites for hydroxylation is 1. The molecular formula is C16H29NS. The van der Waals surface area contributed by atoms with E-state index in [1.807, 2.05) is 11.3 Å². The molecular weight excluding hydrogens is 238 g/mol. The summed E-state index contributed by atoms with van der Waals surface area (Å²) in [6.07, 6.45) is 2.46. The molecule has 1 heterocycles. The fraction of sp³-hybridized carbons (Fsp3) is 0.750. The average Bonchev–Trinajstić information content (AvgIpc) is 2.75. The fourth-order valence-electron chi connectivity index (χ4n) is 1.91. The Kier molecular flexibility index (Phi) is 5.42. The molecule has 0 bridgehead atoms. The predicted octanol–water partition coefficient (Wildman–Crippen LogP) is 4.73. The molecule has 1 atom stereocenters. The SMILES string of the molecule is CC(C)C(C)(CCc1cccs1)CNC(C)(C)C. The van der Waals surface area contributed by atoms with Crippen molar-refractivity contribution in [3.63, 3.8) is 0 Å². The number of hydrogen-bond acceptors (Lipinski definition) is 2. The Balaban J connectivity index is 2.57. The van der Waals surface area contributed by atoms with Crippen LogP contribution < -0.4 is 5.32 Å². The van der Waals surface area contributed by atoms with Crippen LogP contribution >= 0.6 is 11.3 Å². The second-order valence-electron chi connectivity index (χ2n) is 6.99. The molecule has 0 saturated carbocycles. The third-order valence-electron chi connectivity index (χ3n) is 3.94. The molecule has 0 radical (unpaired) electrons. The van der Waals surface area contributed by atoms with E-state index in [1.54, 1.807) is 0 Å². The molecule has 1 unspecified atom stereocenters. The van der Waals surface area contributed by atoms with Gasteiger partial charge < -0.3 is 5.32 Å². The Hall–Kier alpha value is -0.340. The second kappa shape index (κ2) is 6.21. The largest absolute Gasteiger partial charge is 0.312 e. The Labute approximate surface area is 117 Å². The number of thiophene rings is 1. The molecule has 0 aliphatic carbocycles. The summed E-state index contributed by atoms with van der Waals surface area (Å²) in [6, 6.07) is 4.41. The maximum atomic E-state index is 3.68. The van der Waals surface area contributed by atoms with E-state index in [0.717, 1.165) is 6.54 Å². The van der Waals surface area contributed by atoms with Gasteiger partial charge in [0, 0.05) is 17.0 Å². The van der Waals surface area contributed by atoms with Gasteiger partial charge in [0.05, 0.1) is 0 Å². The van der Waals surface area contributed by atoms with Crippen LogP contribution in [0.2, 0.25) is 0 Å². The maximum absolute atomic E-state index is 3.68. The van der Waals surface area contributed by atoms with Crippen LogP contribution in [-0.4, -0.2) is 12.1 Å². The van der Waals surface area contributed by atoms with Gasteiger partial charge in [0.15, 0.2) is 0 Å². The van der Waals surface area contributed by atoms with Gasteiger partial charge in [-0.3, -0.25) is 0 Å². The monoisotopic (exact) mass is 267 g/mol. The lowest BCUT2D eigenvalue weighted by molar-refractivity contribution is 0.174. The molecule has 0 amide bonds. The first-order valence-electron chi connectivity index (χ1n) is 7.00. The van der Waals surface area contributed by atoms with E-state index in [-0.39, 0.29) is 5.54 Å². The molecule has 0 aliphatic rings. The van der Waals surface area contributed by atoms with E-state index in [0.29, 0.717) is 11.3 Å². The zero-order valence-corrected chi connectivity index (χ0v) is 13.7. The molecule has 0 aromatic carbocycles. The van der Waals surface area contributed by atoms with Crippen LogP contribution in [0.3, 0.4) is 0 Å². The molecule has 1 N–H and O–H groups in total. The van der Waals surface area contributed by atoms with Crippen LogP contribution in [0.25, 0.3) is 0 Å². The van der Waals surface area contributed by atoms with Crippen LogP contribution in [0.4, 0.5) is 0 Å². The Morgan fingerprint density at radius 3 is 2.33 bits per heavy atom.